The van der Waals surface area contributed by atoms with E-state index in [1.54, 1.807) is 42.6 Å². The lowest BCUT2D eigenvalue weighted by molar-refractivity contribution is 0.326. The van der Waals surface area contributed by atoms with Crippen LogP contribution in [0.1, 0.15) is 62.3 Å². The first-order chi connectivity index (χ1) is 19.1. The maximum absolute atomic E-state index is 13.8. The third-order valence-corrected chi connectivity index (χ3v) is 8.69. The summed E-state index contributed by atoms with van der Waals surface area (Å²) >= 11 is 0. The number of aromatic nitrogens is 3. The zero-order chi connectivity index (χ0) is 29.0. The Labute approximate surface area is 234 Å². The summed E-state index contributed by atoms with van der Waals surface area (Å²) in [5.74, 6) is -0.492. The Morgan fingerprint density at radius 3 is 2.42 bits per heavy atom. The van der Waals surface area contributed by atoms with Crippen molar-refractivity contribution in [3.63, 3.8) is 0 Å². The molecule has 0 unspecified atom stereocenters. The van der Waals surface area contributed by atoms with Gasteiger partial charge in [-0.15, -0.1) is 0 Å². The van der Waals surface area contributed by atoms with E-state index in [1.807, 2.05) is 39.8 Å². The Morgan fingerprint density at radius 2 is 1.80 bits per heavy atom. The zero-order valence-corrected chi connectivity index (χ0v) is 23.8. The van der Waals surface area contributed by atoms with Gasteiger partial charge in [0, 0.05) is 23.9 Å². The molecule has 40 heavy (non-hydrogen) atoms. The molecule has 1 N–H and O–H groups in total. The van der Waals surface area contributed by atoms with Crippen LogP contribution in [0.15, 0.2) is 81.4 Å². The van der Waals surface area contributed by atoms with Gasteiger partial charge in [0.2, 0.25) is 15.7 Å². The van der Waals surface area contributed by atoms with E-state index in [0.717, 1.165) is 23.2 Å². The van der Waals surface area contributed by atoms with E-state index >= 15 is 0 Å². The molecule has 0 saturated carbocycles. The fourth-order valence-corrected chi connectivity index (χ4v) is 6.28. The van der Waals surface area contributed by atoms with E-state index in [4.69, 9.17) is 0 Å². The average Bonchev–Trinajstić information content (AvgIpc) is 2.93. The third kappa shape index (κ3) is 5.54. The number of nitrogens with zero attached hydrogens (tertiary/aromatic N) is 4. The molecule has 0 bridgehead atoms. The quantitative estimate of drug-likeness (QED) is 0.284. The maximum Gasteiger partial charge on any atom is 0.296 e. The molecule has 0 aliphatic rings. The summed E-state index contributed by atoms with van der Waals surface area (Å²) in [6.45, 7) is 7.72. The Bertz CT molecular complexity index is 1740. The van der Waals surface area contributed by atoms with Crippen molar-refractivity contribution in [1.82, 2.24) is 14.5 Å². The first kappa shape index (κ1) is 28.7. The highest BCUT2D eigenvalue weighted by molar-refractivity contribution is 7.91. The first-order valence-electron chi connectivity index (χ1n) is 13.2. The van der Waals surface area contributed by atoms with Crippen LogP contribution < -0.4 is 5.56 Å². The van der Waals surface area contributed by atoms with E-state index in [0.29, 0.717) is 29.8 Å². The number of hydrogen-bond donors (Lipinski definition) is 1. The summed E-state index contributed by atoms with van der Waals surface area (Å²) in [7, 11) is -4.44. The molecular weight excluding hydrogens is 524 g/mol. The van der Waals surface area contributed by atoms with Crippen LogP contribution in [0.2, 0.25) is 0 Å². The highest BCUT2D eigenvalue weighted by atomic mass is 32.2. The van der Waals surface area contributed by atoms with E-state index in [9.17, 15) is 23.6 Å². The van der Waals surface area contributed by atoms with Gasteiger partial charge in [0.25, 0.3) is 5.56 Å². The lowest BCUT2D eigenvalue weighted by Crippen LogP contribution is -2.29. The van der Waals surface area contributed by atoms with Crippen molar-refractivity contribution in [1.29, 1.82) is 5.26 Å². The number of benzene rings is 2. The number of aryl methyl sites for hydroxylation is 2. The van der Waals surface area contributed by atoms with E-state index < -0.39 is 32.2 Å². The van der Waals surface area contributed by atoms with Crippen molar-refractivity contribution in [2.75, 3.05) is 0 Å². The van der Waals surface area contributed by atoms with Gasteiger partial charge in [0.05, 0.1) is 22.6 Å². The first-order valence-corrected chi connectivity index (χ1v) is 14.7. The van der Waals surface area contributed by atoms with Crippen LogP contribution in [0.25, 0.3) is 11.1 Å². The summed E-state index contributed by atoms with van der Waals surface area (Å²) in [6.07, 6.45) is 3.57. The van der Waals surface area contributed by atoms with Crippen molar-refractivity contribution >= 4 is 9.84 Å². The third-order valence-electron chi connectivity index (χ3n) is 6.91. The predicted molar refractivity (Wildman–Crippen MR) is 153 cm³/mol. The number of hydrogen-bond acceptors (Lipinski definition) is 7. The van der Waals surface area contributed by atoms with Crippen molar-refractivity contribution < 1.29 is 13.5 Å². The van der Waals surface area contributed by atoms with Gasteiger partial charge >= 0.3 is 0 Å². The topological polar surface area (TPSA) is 126 Å². The number of rotatable bonds is 9. The minimum Gasteiger partial charge on any atom is -0.493 e. The number of unbranched alkanes of at least 4 members (excludes halogenated alkanes) is 1. The van der Waals surface area contributed by atoms with E-state index in [2.05, 4.69) is 16.0 Å². The molecule has 0 aliphatic heterocycles. The van der Waals surface area contributed by atoms with Crippen LogP contribution in [0, 0.1) is 24.2 Å². The lowest BCUT2D eigenvalue weighted by atomic mass is 9.94. The molecule has 8 nitrogen and oxygen atoms in total. The van der Waals surface area contributed by atoms with Crippen LogP contribution in [0.3, 0.4) is 0 Å². The highest BCUT2D eigenvalue weighted by Gasteiger charge is 2.33. The summed E-state index contributed by atoms with van der Waals surface area (Å²) in [6, 6.07) is 18.3. The van der Waals surface area contributed by atoms with Crippen molar-refractivity contribution in [2.24, 2.45) is 5.92 Å². The Kier molecular flexibility index (Phi) is 8.50. The van der Waals surface area contributed by atoms with Gasteiger partial charge in [0.1, 0.15) is 5.82 Å². The van der Waals surface area contributed by atoms with E-state index in [1.165, 1.54) is 16.7 Å². The molecule has 1 atom stereocenters. The Hall–Kier alpha value is -4.29. The fourth-order valence-electron chi connectivity index (χ4n) is 4.93. The molecule has 4 rings (SSSR count). The Morgan fingerprint density at radius 1 is 1.07 bits per heavy atom. The van der Waals surface area contributed by atoms with Gasteiger partial charge < -0.3 is 5.11 Å². The van der Waals surface area contributed by atoms with Crippen LogP contribution in [0.4, 0.5) is 0 Å². The molecule has 2 aromatic carbocycles. The Balaban J connectivity index is 1.91. The number of aromatic hydroxyl groups is 1. The second kappa shape index (κ2) is 11.8. The molecule has 4 aromatic rings. The summed E-state index contributed by atoms with van der Waals surface area (Å²) in [5.41, 5.74) is 2.57. The van der Waals surface area contributed by atoms with Crippen LogP contribution in [0.5, 0.6) is 5.88 Å². The monoisotopic (exact) mass is 556 g/mol. The van der Waals surface area contributed by atoms with Crippen molar-refractivity contribution in [3.05, 3.63) is 99.9 Å². The van der Waals surface area contributed by atoms with Gasteiger partial charge in [-0.2, -0.15) is 10.2 Å². The summed E-state index contributed by atoms with van der Waals surface area (Å²) in [5, 5.41) is 21.0. The molecule has 206 valence electrons. The van der Waals surface area contributed by atoms with Crippen LogP contribution in [-0.2, 0) is 16.3 Å². The molecule has 0 spiro atoms. The minimum atomic E-state index is -4.44. The zero-order valence-electron chi connectivity index (χ0n) is 23.0. The standard InChI is InChI=1S/C31H32N4O4S/c1-5-6-12-27-34-30(36)29(31(37)35(27)28(20(2)3)24-10-7-9-22(18-24)19-32)40(38,39)25-15-13-23(14-16-25)26-11-8-17-33-21(26)4/h7-11,13-18,20,28,37H,5-6,12H2,1-4H3/t28-/m0/s1. The molecule has 9 heteroatoms. The molecule has 0 saturated heterocycles. The van der Waals surface area contributed by atoms with Crippen molar-refractivity contribution in [3.8, 4) is 23.1 Å². The van der Waals surface area contributed by atoms with Gasteiger partial charge in [-0.05, 0) is 60.7 Å². The molecular formula is C31H32N4O4S. The molecule has 2 aromatic heterocycles. The smallest absolute Gasteiger partial charge is 0.296 e. The maximum atomic E-state index is 13.8. The lowest BCUT2D eigenvalue weighted by Gasteiger charge is -2.29. The van der Waals surface area contributed by atoms with E-state index in [-0.39, 0.29) is 10.8 Å². The highest BCUT2D eigenvalue weighted by Crippen LogP contribution is 2.36. The van der Waals surface area contributed by atoms with Crippen molar-refractivity contribution in [2.45, 2.75) is 62.8 Å². The van der Waals surface area contributed by atoms with Gasteiger partial charge in [-0.3, -0.25) is 14.3 Å². The second-order valence-electron chi connectivity index (χ2n) is 10.0. The molecule has 0 fully saturated rings. The van der Waals surface area contributed by atoms with Gasteiger partial charge in [-0.25, -0.2) is 8.42 Å². The number of sulfone groups is 1. The second-order valence-corrected chi connectivity index (χ2v) is 11.9. The molecule has 2 heterocycles. The number of nitriles is 1. The fraction of sp³-hybridized carbons (Fsp3) is 0.290. The summed E-state index contributed by atoms with van der Waals surface area (Å²) < 4.78 is 29.1. The minimum absolute atomic E-state index is 0.132. The van der Waals surface area contributed by atoms with Gasteiger partial charge in [-0.1, -0.05) is 57.5 Å². The molecule has 0 radical (unpaired) electrons. The SMILES string of the molecule is CCCCc1nc(=O)c(S(=O)(=O)c2ccc(-c3cccnc3C)cc2)c(O)n1[C@H](c1cccc(C#N)c1)C(C)C. The normalized spacial score (nSPS) is 12.3. The van der Waals surface area contributed by atoms with Gasteiger partial charge in [0.15, 0.2) is 4.90 Å². The number of pyridine rings is 1. The molecule has 0 aliphatic carbocycles. The molecule has 0 amide bonds. The largest absolute Gasteiger partial charge is 0.493 e. The summed E-state index contributed by atoms with van der Waals surface area (Å²) in [4.78, 5) is 20.8. The average molecular weight is 557 g/mol. The van der Waals surface area contributed by atoms with Crippen LogP contribution >= 0.6 is 0 Å². The van der Waals surface area contributed by atoms with Crippen LogP contribution in [-0.4, -0.2) is 28.1 Å². The predicted octanol–water partition coefficient (Wildman–Crippen LogP) is 5.61.